The predicted octanol–water partition coefficient (Wildman–Crippen LogP) is 2.98. The number of rotatable bonds is 12. The van der Waals surface area contributed by atoms with E-state index in [-0.39, 0.29) is 30.0 Å². The van der Waals surface area contributed by atoms with Crippen LogP contribution in [0.3, 0.4) is 0 Å². The van der Waals surface area contributed by atoms with Crippen LogP contribution >= 0.6 is 24.0 Å². The van der Waals surface area contributed by atoms with Crippen LogP contribution in [0.15, 0.2) is 23.2 Å². The Bertz CT molecular complexity index is 701. The third kappa shape index (κ3) is 9.46. The Balaban J connectivity index is 0.00000544. The molecule has 1 heterocycles. The highest BCUT2D eigenvalue weighted by atomic mass is 127. The van der Waals surface area contributed by atoms with Crippen molar-refractivity contribution in [2.45, 2.75) is 39.3 Å². The molecule has 1 saturated heterocycles. The third-order valence-electron chi connectivity index (χ3n) is 6.15. The highest BCUT2D eigenvalue weighted by Crippen LogP contribution is 2.32. The molecule has 1 aromatic carbocycles. The van der Waals surface area contributed by atoms with Gasteiger partial charge in [0, 0.05) is 38.8 Å². The molecule has 2 unspecified atom stereocenters. The quantitative estimate of drug-likeness (QED) is 0.225. The first kappa shape index (κ1) is 29.7. The minimum absolute atomic E-state index is 0. The molecule has 0 saturated carbocycles. The van der Waals surface area contributed by atoms with Gasteiger partial charge in [-0.05, 0) is 45.0 Å². The van der Waals surface area contributed by atoms with Crippen molar-refractivity contribution >= 4 is 29.9 Å². The predicted molar refractivity (Wildman–Crippen MR) is 146 cm³/mol. The van der Waals surface area contributed by atoms with Gasteiger partial charge < -0.3 is 29.7 Å². The zero-order chi connectivity index (χ0) is 23.3. The van der Waals surface area contributed by atoms with Crippen molar-refractivity contribution in [2.24, 2.45) is 4.99 Å². The summed E-state index contributed by atoms with van der Waals surface area (Å²) in [6.45, 7) is 13.1. The number of nitrogens with zero attached hydrogens (tertiary/aromatic N) is 3. The fourth-order valence-corrected chi connectivity index (χ4v) is 3.78. The van der Waals surface area contributed by atoms with E-state index in [1.165, 1.54) is 5.56 Å². The highest BCUT2D eigenvalue weighted by molar-refractivity contribution is 14.0. The summed E-state index contributed by atoms with van der Waals surface area (Å²) < 4.78 is 16.6. The Morgan fingerprint density at radius 3 is 2.45 bits per heavy atom. The standard InChI is InChI=1S/C24H43N5O3.HI/c1-7-19(3)28(4)12-11-26-24(25-8-2)27-18-21(29-13-15-32-16-14-29)20-9-10-22(30-5)23(17-20)31-6;/h9-10,17,19,21H,7-8,11-16,18H2,1-6H3,(H2,25,26,27);1H. The fourth-order valence-electron chi connectivity index (χ4n) is 3.78. The van der Waals surface area contributed by atoms with Gasteiger partial charge in [0.25, 0.3) is 0 Å². The molecule has 9 heteroatoms. The van der Waals surface area contributed by atoms with E-state index in [9.17, 15) is 0 Å². The Hall–Kier alpha value is -1.30. The molecule has 190 valence electrons. The molecule has 1 aliphatic heterocycles. The number of nitrogens with one attached hydrogen (secondary N) is 2. The van der Waals surface area contributed by atoms with E-state index < -0.39 is 0 Å². The summed E-state index contributed by atoms with van der Waals surface area (Å²) >= 11 is 0. The van der Waals surface area contributed by atoms with Gasteiger partial charge in [0.1, 0.15) is 0 Å². The van der Waals surface area contributed by atoms with Crippen LogP contribution in [-0.2, 0) is 4.74 Å². The lowest BCUT2D eigenvalue weighted by atomic mass is 10.0. The Morgan fingerprint density at radius 1 is 1.15 bits per heavy atom. The molecular weight excluding hydrogens is 533 g/mol. The smallest absolute Gasteiger partial charge is 0.191 e. The van der Waals surface area contributed by atoms with Gasteiger partial charge in [-0.2, -0.15) is 0 Å². The largest absolute Gasteiger partial charge is 0.493 e. The molecule has 2 N–H and O–H groups in total. The number of guanidine groups is 1. The molecule has 0 amide bonds. The van der Waals surface area contributed by atoms with Gasteiger partial charge in [-0.15, -0.1) is 24.0 Å². The van der Waals surface area contributed by atoms with Crippen molar-refractivity contribution in [1.82, 2.24) is 20.4 Å². The van der Waals surface area contributed by atoms with Gasteiger partial charge in [0.15, 0.2) is 17.5 Å². The number of methoxy groups -OCH3 is 2. The summed E-state index contributed by atoms with van der Waals surface area (Å²) in [4.78, 5) is 9.76. The van der Waals surface area contributed by atoms with Crippen LogP contribution in [0.2, 0.25) is 0 Å². The summed E-state index contributed by atoms with van der Waals surface area (Å²) in [5.41, 5.74) is 1.17. The molecule has 0 aromatic heterocycles. The highest BCUT2D eigenvalue weighted by Gasteiger charge is 2.24. The van der Waals surface area contributed by atoms with E-state index in [0.29, 0.717) is 12.6 Å². The van der Waals surface area contributed by atoms with Crippen molar-refractivity contribution in [1.29, 1.82) is 0 Å². The minimum atomic E-state index is 0. The average molecular weight is 578 g/mol. The van der Waals surface area contributed by atoms with Crippen LogP contribution in [0, 0.1) is 0 Å². The van der Waals surface area contributed by atoms with Gasteiger partial charge in [0.2, 0.25) is 0 Å². The molecule has 2 atom stereocenters. The van der Waals surface area contributed by atoms with E-state index in [0.717, 1.165) is 69.8 Å². The van der Waals surface area contributed by atoms with Crippen LogP contribution in [0.1, 0.15) is 38.8 Å². The number of aliphatic imine (C=N–C) groups is 1. The van der Waals surface area contributed by atoms with E-state index >= 15 is 0 Å². The summed E-state index contributed by atoms with van der Waals surface area (Å²) in [5, 5.41) is 6.87. The maximum atomic E-state index is 5.58. The van der Waals surface area contributed by atoms with Gasteiger partial charge in [-0.1, -0.05) is 13.0 Å². The number of halogens is 1. The van der Waals surface area contributed by atoms with Crippen LogP contribution in [0.5, 0.6) is 11.5 Å². The second-order valence-corrected chi connectivity index (χ2v) is 8.16. The van der Waals surface area contributed by atoms with Crippen LogP contribution in [0.25, 0.3) is 0 Å². The lowest BCUT2D eigenvalue weighted by molar-refractivity contribution is 0.0179. The lowest BCUT2D eigenvalue weighted by Gasteiger charge is -2.34. The number of likely N-dealkylation sites (N-methyl/N-ethyl adjacent to an activating group) is 1. The second kappa shape index (κ2) is 16.3. The molecule has 33 heavy (non-hydrogen) atoms. The molecule has 1 aliphatic rings. The fraction of sp³-hybridized carbons (Fsp3) is 0.708. The summed E-state index contributed by atoms with van der Waals surface area (Å²) in [6, 6.07) is 6.86. The molecule has 0 aliphatic carbocycles. The molecule has 8 nitrogen and oxygen atoms in total. The van der Waals surface area contributed by atoms with Crippen molar-refractivity contribution in [2.75, 3.05) is 73.7 Å². The van der Waals surface area contributed by atoms with Crippen molar-refractivity contribution in [3.8, 4) is 11.5 Å². The topological polar surface area (TPSA) is 70.6 Å². The minimum Gasteiger partial charge on any atom is -0.493 e. The molecule has 0 bridgehead atoms. The maximum absolute atomic E-state index is 5.58. The lowest BCUT2D eigenvalue weighted by Crippen LogP contribution is -2.43. The monoisotopic (exact) mass is 577 g/mol. The van der Waals surface area contributed by atoms with Crippen molar-refractivity contribution in [3.63, 3.8) is 0 Å². The number of morpholine rings is 1. The summed E-state index contributed by atoms with van der Waals surface area (Å²) in [5.74, 6) is 2.33. The van der Waals surface area contributed by atoms with Crippen molar-refractivity contribution < 1.29 is 14.2 Å². The summed E-state index contributed by atoms with van der Waals surface area (Å²) in [7, 11) is 5.51. The zero-order valence-electron chi connectivity index (χ0n) is 21.2. The zero-order valence-corrected chi connectivity index (χ0v) is 23.6. The van der Waals surface area contributed by atoms with Gasteiger partial charge in [0.05, 0.1) is 40.0 Å². The molecule has 1 fully saturated rings. The van der Waals surface area contributed by atoms with Crippen LogP contribution in [0.4, 0.5) is 0 Å². The van der Waals surface area contributed by atoms with Crippen LogP contribution in [-0.4, -0.2) is 95.6 Å². The number of ether oxygens (including phenoxy) is 3. The van der Waals surface area contributed by atoms with Crippen molar-refractivity contribution in [3.05, 3.63) is 23.8 Å². The number of hydrogen-bond donors (Lipinski definition) is 2. The number of hydrogen-bond acceptors (Lipinski definition) is 6. The first-order chi connectivity index (χ1) is 15.5. The normalized spacial score (nSPS) is 16.6. The molecule has 1 aromatic rings. The van der Waals surface area contributed by atoms with E-state index in [1.54, 1.807) is 14.2 Å². The first-order valence-corrected chi connectivity index (χ1v) is 11.8. The van der Waals surface area contributed by atoms with E-state index in [2.05, 4.69) is 60.4 Å². The first-order valence-electron chi connectivity index (χ1n) is 11.8. The molecule has 0 radical (unpaired) electrons. The summed E-state index contributed by atoms with van der Waals surface area (Å²) in [6.07, 6.45) is 1.15. The second-order valence-electron chi connectivity index (χ2n) is 8.16. The van der Waals surface area contributed by atoms with Crippen LogP contribution < -0.4 is 20.1 Å². The Morgan fingerprint density at radius 2 is 1.85 bits per heavy atom. The van der Waals surface area contributed by atoms with E-state index in [1.807, 2.05) is 6.07 Å². The van der Waals surface area contributed by atoms with Gasteiger partial charge in [-0.3, -0.25) is 9.89 Å². The van der Waals surface area contributed by atoms with Gasteiger partial charge in [-0.25, -0.2) is 0 Å². The van der Waals surface area contributed by atoms with Gasteiger partial charge >= 0.3 is 0 Å². The Labute approximate surface area is 217 Å². The average Bonchev–Trinajstić information content (AvgIpc) is 2.83. The molecule has 2 rings (SSSR count). The Kier molecular flexibility index (Phi) is 14.7. The SMILES string of the molecule is CCNC(=NCC(c1ccc(OC)c(OC)c1)N1CCOCC1)NCCN(C)C(C)CC.I. The van der Waals surface area contributed by atoms with E-state index in [4.69, 9.17) is 19.2 Å². The number of benzene rings is 1. The maximum Gasteiger partial charge on any atom is 0.191 e. The molecule has 0 spiro atoms. The third-order valence-corrected chi connectivity index (χ3v) is 6.15. The molecular formula is C24H44IN5O3.